The molecule has 0 fully saturated rings. The number of amides is 1. The monoisotopic (exact) mass is 273 g/mol. The van der Waals surface area contributed by atoms with Crippen LogP contribution in [-0.4, -0.2) is 28.3 Å². The molecule has 1 unspecified atom stereocenters. The summed E-state index contributed by atoms with van der Waals surface area (Å²) in [4.78, 5) is 23.1. The second kappa shape index (κ2) is 5.80. The average Bonchev–Trinajstić information content (AvgIpc) is 2.10. The number of carbonyl (C=O) groups excluding carboxylic acids is 1. The minimum absolute atomic E-state index is 0.00627. The predicted molar refractivity (Wildman–Crippen MR) is 74.1 cm³/mol. The van der Waals surface area contributed by atoms with Crippen molar-refractivity contribution in [2.75, 3.05) is 0 Å². The summed E-state index contributed by atoms with van der Waals surface area (Å²) in [7, 11) is 0. The Balaban J connectivity index is 4.73. The van der Waals surface area contributed by atoms with Crippen LogP contribution in [0.25, 0.3) is 0 Å². The molecular weight excluding hydrogens is 246 g/mol. The van der Waals surface area contributed by atoms with Crippen molar-refractivity contribution in [1.29, 1.82) is 0 Å². The van der Waals surface area contributed by atoms with E-state index in [4.69, 9.17) is 4.74 Å². The van der Waals surface area contributed by atoms with Gasteiger partial charge in [-0.05, 0) is 46.0 Å². The molecule has 0 aromatic rings. The number of alkyl carbamates (subject to hydrolysis) is 1. The lowest BCUT2D eigenvalue weighted by atomic mass is 9.84. The molecule has 5 nitrogen and oxygen atoms in total. The van der Waals surface area contributed by atoms with Crippen LogP contribution in [0.1, 0.15) is 61.3 Å². The predicted octanol–water partition coefficient (Wildman–Crippen LogP) is 3.18. The largest absolute Gasteiger partial charge is 0.480 e. The third kappa shape index (κ3) is 7.70. The van der Waals surface area contributed by atoms with E-state index in [1.165, 1.54) is 6.92 Å². The maximum atomic E-state index is 11.7. The quantitative estimate of drug-likeness (QED) is 0.824. The highest BCUT2D eigenvalue weighted by molar-refractivity contribution is 5.83. The van der Waals surface area contributed by atoms with Crippen molar-refractivity contribution < 1.29 is 19.4 Å². The van der Waals surface area contributed by atoms with E-state index >= 15 is 0 Å². The smallest absolute Gasteiger partial charge is 0.408 e. The second-order valence-electron chi connectivity index (χ2n) is 7.32. The third-order valence-electron chi connectivity index (χ3n) is 2.62. The number of carboxylic acid groups (broad SMARTS) is 1. The average molecular weight is 273 g/mol. The topological polar surface area (TPSA) is 75.6 Å². The van der Waals surface area contributed by atoms with Crippen molar-refractivity contribution in [2.24, 2.45) is 5.41 Å². The lowest BCUT2D eigenvalue weighted by molar-refractivity contribution is -0.144. The lowest BCUT2D eigenvalue weighted by Gasteiger charge is -2.30. The van der Waals surface area contributed by atoms with Crippen molar-refractivity contribution in [2.45, 2.75) is 72.4 Å². The molecule has 0 bridgehead atoms. The van der Waals surface area contributed by atoms with E-state index in [1.54, 1.807) is 20.8 Å². The number of ether oxygens (including phenoxy) is 1. The van der Waals surface area contributed by atoms with Crippen LogP contribution in [-0.2, 0) is 9.53 Å². The van der Waals surface area contributed by atoms with E-state index in [2.05, 4.69) is 5.32 Å². The van der Waals surface area contributed by atoms with Gasteiger partial charge in [0.15, 0.2) is 0 Å². The maximum Gasteiger partial charge on any atom is 0.408 e. The zero-order chi connectivity index (χ0) is 15.5. The number of rotatable bonds is 4. The van der Waals surface area contributed by atoms with Crippen LogP contribution in [0.5, 0.6) is 0 Å². The molecule has 112 valence electrons. The Bertz CT molecular complexity index is 338. The number of aliphatic carboxylic acids is 1. The maximum absolute atomic E-state index is 11.7. The molecule has 0 aliphatic carbocycles. The minimum Gasteiger partial charge on any atom is -0.480 e. The number of hydrogen-bond acceptors (Lipinski definition) is 3. The molecule has 0 saturated carbocycles. The van der Waals surface area contributed by atoms with E-state index in [1.807, 2.05) is 20.8 Å². The van der Waals surface area contributed by atoms with Crippen LogP contribution >= 0.6 is 0 Å². The summed E-state index contributed by atoms with van der Waals surface area (Å²) in [5, 5.41) is 11.8. The van der Waals surface area contributed by atoms with Crippen LogP contribution in [0.3, 0.4) is 0 Å². The zero-order valence-electron chi connectivity index (χ0n) is 13.1. The molecule has 0 aromatic heterocycles. The molecular formula is C14H27NO4. The second-order valence-corrected chi connectivity index (χ2v) is 7.32. The molecule has 0 radical (unpaired) electrons. The van der Waals surface area contributed by atoms with E-state index in [0.717, 1.165) is 0 Å². The van der Waals surface area contributed by atoms with Gasteiger partial charge in [-0.2, -0.15) is 0 Å². The fourth-order valence-corrected chi connectivity index (χ4v) is 1.38. The zero-order valence-corrected chi connectivity index (χ0v) is 13.1. The van der Waals surface area contributed by atoms with Crippen molar-refractivity contribution in [3.05, 3.63) is 0 Å². The van der Waals surface area contributed by atoms with Crippen LogP contribution < -0.4 is 5.32 Å². The van der Waals surface area contributed by atoms with E-state index < -0.39 is 23.2 Å². The van der Waals surface area contributed by atoms with Gasteiger partial charge in [-0.1, -0.05) is 20.8 Å². The number of carboxylic acids is 1. The molecule has 1 amide bonds. The van der Waals surface area contributed by atoms with Crippen molar-refractivity contribution in [1.82, 2.24) is 5.32 Å². The fraction of sp³-hybridized carbons (Fsp3) is 0.857. The number of hydrogen-bond donors (Lipinski definition) is 2. The van der Waals surface area contributed by atoms with Gasteiger partial charge < -0.3 is 15.2 Å². The first-order valence-electron chi connectivity index (χ1n) is 6.50. The summed E-state index contributed by atoms with van der Waals surface area (Å²) in [6.45, 7) is 12.8. The van der Waals surface area contributed by atoms with Gasteiger partial charge >= 0.3 is 12.1 Å². The first-order valence-corrected chi connectivity index (χ1v) is 6.50. The summed E-state index contributed by atoms with van der Waals surface area (Å²) in [5.74, 6) is -1.05. The summed E-state index contributed by atoms with van der Waals surface area (Å²) in [6.07, 6.45) is 0.336. The molecule has 0 rings (SSSR count). The van der Waals surface area contributed by atoms with Crippen molar-refractivity contribution >= 4 is 12.1 Å². The van der Waals surface area contributed by atoms with Crippen LogP contribution in [0.2, 0.25) is 0 Å². The van der Waals surface area contributed by atoms with Crippen molar-refractivity contribution in [3.63, 3.8) is 0 Å². The van der Waals surface area contributed by atoms with Crippen LogP contribution in [0, 0.1) is 5.41 Å². The molecule has 0 aliphatic heterocycles. The summed E-state index contributed by atoms with van der Waals surface area (Å²) in [6, 6.07) is 0. The van der Waals surface area contributed by atoms with Crippen molar-refractivity contribution in [3.8, 4) is 0 Å². The molecule has 0 aliphatic rings. The Morgan fingerprint density at radius 3 is 1.79 bits per heavy atom. The summed E-state index contributed by atoms with van der Waals surface area (Å²) in [5.41, 5.74) is -1.95. The van der Waals surface area contributed by atoms with Gasteiger partial charge in [0.25, 0.3) is 0 Å². The van der Waals surface area contributed by atoms with Gasteiger partial charge in [0, 0.05) is 0 Å². The molecule has 0 heterocycles. The first kappa shape index (κ1) is 17.7. The molecule has 0 spiro atoms. The highest BCUT2D eigenvalue weighted by atomic mass is 16.6. The number of carbonyl (C=O) groups is 2. The molecule has 2 N–H and O–H groups in total. The SMILES string of the molecule is CC(C)(C)CCC(C)(NC(=O)OC(C)(C)C)C(=O)O. The van der Waals surface area contributed by atoms with Gasteiger partial charge in [-0.25, -0.2) is 9.59 Å². The molecule has 19 heavy (non-hydrogen) atoms. The third-order valence-corrected chi connectivity index (χ3v) is 2.62. The van der Waals surface area contributed by atoms with Crippen LogP contribution in [0.4, 0.5) is 4.79 Å². The number of nitrogens with one attached hydrogen (secondary N) is 1. The standard InChI is InChI=1S/C14H27NO4/c1-12(2,3)8-9-14(7,10(16)17)15-11(18)19-13(4,5)6/h8-9H2,1-7H3,(H,15,18)(H,16,17). The van der Waals surface area contributed by atoms with E-state index in [0.29, 0.717) is 12.8 Å². The van der Waals surface area contributed by atoms with Gasteiger partial charge in [0.1, 0.15) is 11.1 Å². The van der Waals surface area contributed by atoms with E-state index in [-0.39, 0.29) is 5.41 Å². The summed E-state index contributed by atoms with van der Waals surface area (Å²) < 4.78 is 5.10. The molecule has 1 atom stereocenters. The highest BCUT2D eigenvalue weighted by Crippen LogP contribution is 2.26. The summed E-state index contributed by atoms with van der Waals surface area (Å²) >= 11 is 0. The minimum atomic E-state index is -1.31. The molecule has 0 saturated heterocycles. The fourth-order valence-electron chi connectivity index (χ4n) is 1.38. The molecule has 5 heteroatoms. The first-order chi connectivity index (χ1) is 8.25. The Kier molecular flexibility index (Phi) is 5.42. The van der Waals surface area contributed by atoms with E-state index in [9.17, 15) is 14.7 Å². The normalized spacial score (nSPS) is 15.5. The van der Waals surface area contributed by atoms with Crippen LogP contribution in [0.15, 0.2) is 0 Å². The van der Waals surface area contributed by atoms with Gasteiger partial charge in [-0.3, -0.25) is 0 Å². The van der Waals surface area contributed by atoms with Gasteiger partial charge in [0.2, 0.25) is 0 Å². The Morgan fingerprint density at radius 1 is 1.00 bits per heavy atom. The highest BCUT2D eigenvalue weighted by Gasteiger charge is 2.37. The van der Waals surface area contributed by atoms with Gasteiger partial charge in [0.05, 0.1) is 0 Å². The molecule has 0 aromatic carbocycles. The Labute approximate surface area is 115 Å². The van der Waals surface area contributed by atoms with Gasteiger partial charge in [-0.15, -0.1) is 0 Å². The Morgan fingerprint density at radius 2 is 1.47 bits per heavy atom. The lowest BCUT2D eigenvalue weighted by Crippen LogP contribution is -2.53. The Hall–Kier alpha value is -1.26.